The van der Waals surface area contributed by atoms with Gasteiger partial charge in [-0.05, 0) is 35.4 Å². The van der Waals surface area contributed by atoms with E-state index in [0.717, 1.165) is 24.3 Å². The van der Waals surface area contributed by atoms with Crippen LogP contribution >= 0.6 is 0 Å². The predicted molar refractivity (Wildman–Crippen MR) is 73.7 cm³/mol. The first kappa shape index (κ1) is 16.6. The molecule has 8 heteroatoms. The molecule has 0 unspecified atom stereocenters. The Morgan fingerprint density at radius 3 is 1.23 bits per heavy atom. The van der Waals surface area contributed by atoms with Gasteiger partial charge in [0.05, 0.1) is 11.1 Å². The average molecular weight is 306 g/mol. The molecule has 1 aromatic carbocycles. The minimum Gasteiger partial charge on any atom is -0.478 e. The summed E-state index contributed by atoms with van der Waals surface area (Å²) >= 11 is 0. The van der Waals surface area contributed by atoms with Gasteiger partial charge in [-0.2, -0.15) is 0 Å². The summed E-state index contributed by atoms with van der Waals surface area (Å²) in [4.78, 5) is 43.3. The van der Waals surface area contributed by atoms with Crippen molar-refractivity contribution < 1.29 is 39.6 Å². The van der Waals surface area contributed by atoms with Crippen LogP contribution in [0.1, 0.15) is 31.8 Å². The van der Waals surface area contributed by atoms with Crippen molar-refractivity contribution in [1.82, 2.24) is 0 Å². The van der Waals surface area contributed by atoms with Crippen LogP contribution in [-0.4, -0.2) is 44.3 Å². The van der Waals surface area contributed by atoms with Crippen LogP contribution in [0.5, 0.6) is 0 Å². The molecular formula is C14H10O8. The molecule has 0 saturated carbocycles. The Kier molecular flexibility index (Phi) is 5.17. The van der Waals surface area contributed by atoms with Crippen LogP contribution < -0.4 is 0 Å². The van der Waals surface area contributed by atoms with E-state index in [1.165, 1.54) is 0 Å². The summed E-state index contributed by atoms with van der Waals surface area (Å²) in [7, 11) is 0. The summed E-state index contributed by atoms with van der Waals surface area (Å²) in [5, 5.41) is 35.3. The van der Waals surface area contributed by atoms with Gasteiger partial charge in [0.1, 0.15) is 0 Å². The Morgan fingerprint density at radius 1 is 0.682 bits per heavy atom. The standard InChI is InChI=1S/C14H10O8/c15-11(16)3-1-7-5-10(14(21)22)8(2-4-12(17)18)6-9(7)13(19)20/h1-6H,(H,15,16)(H,17,18)(H,19,20)(H,21,22)/b3-1+,4-2+. The molecule has 114 valence electrons. The van der Waals surface area contributed by atoms with E-state index < -0.39 is 23.9 Å². The molecule has 4 N–H and O–H groups in total. The number of carbonyl (C=O) groups is 4. The van der Waals surface area contributed by atoms with E-state index in [2.05, 4.69) is 0 Å². The molecule has 0 amide bonds. The molecule has 0 spiro atoms. The lowest BCUT2D eigenvalue weighted by molar-refractivity contribution is -0.132. The highest BCUT2D eigenvalue weighted by atomic mass is 16.4. The lowest BCUT2D eigenvalue weighted by Gasteiger charge is -2.07. The first-order chi connectivity index (χ1) is 10.2. The normalized spacial score (nSPS) is 10.9. The molecule has 0 radical (unpaired) electrons. The molecule has 1 aromatic rings. The Bertz CT molecular complexity index is 650. The van der Waals surface area contributed by atoms with Crippen molar-refractivity contribution in [2.45, 2.75) is 0 Å². The van der Waals surface area contributed by atoms with Crippen molar-refractivity contribution in [3.63, 3.8) is 0 Å². The van der Waals surface area contributed by atoms with Crippen molar-refractivity contribution in [1.29, 1.82) is 0 Å². The average Bonchev–Trinajstić information content (AvgIpc) is 2.41. The van der Waals surface area contributed by atoms with Gasteiger partial charge in [-0.25, -0.2) is 19.2 Å². The van der Waals surface area contributed by atoms with E-state index in [9.17, 15) is 19.2 Å². The van der Waals surface area contributed by atoms with E-state index in [0.29, 0.717) is 12.2 Å². The SMILES string of the molecule is O=C(O)/C=C/c1cc(C(=O)O)c(/C=C/C(=O)O)cc1C(=O)O. The van der Waals surface area contributed by atoms with Gasteiger partial charge in [-0.3, -0.25) is 0 Å². The third-order valence-electron chi connectivity index (χ3n) is 2.49. The number of carboxylic acid groups (broad SMARTS) is 4. The molecule has 0 aliphatic heterocycles. The third-order valence-corrected chi connectivity index (χ3v) is 2.49. The molecule has 22 heavy (non-hydrogen) atoms. The number of benzene rings is 1. The largest absolute Gasteiger partial charge is 0.478 e. The maximum atomic E-state index is 11.2. The predicted octanol–water partition coefficient (Wildman–Crippen LogP) is 1.28. The highest BCUT2D eigenvalue weighted by Crippen LogP contribution is 2.20. The van der Waals surface area contributed by atoms with E-state index in [4.69, 9.17) is 20.4 Å². The van der Waals surface area contributed by atoms with Crippen molar-refractivity contribution in [2.75, 3.05) is 0 Å². The lowest BCUT2D eigenvalue weighted by Crippen LogP contribution is -2.07. The Labute approximate surface area is 123 Å². The minimum absolute atomic E-state index is 0.125. The Balaban J connectivity index is 3.57. The second-order valence-corrected chi connectivity index (χ2v) is 3.98. The van der Waals surface area contributed by atoms with Gasteiger partial charge in [0, 0.05) is 12.2 Å². The molecule has 1 rings (SSSR count). The van der Waals surface area contributed by atoms with Crippen LogP contribution in [0.2, 0.25) is 0 Å². The Hall–Kier alpha value is -3.42. The van der Waals surface area contributed by atoms with Gasteiger partial charge >= 0.3 is 23.9 Å². The number of aromatic carboxylic acids is 2. The fourth-order valence-electron chi connectivity index (χ4n) is 1.60. The molecule has 0 saturated heterocycles. The minimum atomic E-state index is -1.41. The molecule has 0 atom stereocenters. The molecular weight excluding hydrogens is 296 g/mol. The maximum absolute atomic E-state index is 11.2. The number of aliphatic carboxylic acids is 2. The summed E-state index contributed by atoms with van der Waals surface area (Å²) < 4.78 is 0. The summed E-state index contributed by atoms with van der Waals surface area (Å²) in [5.74, 6) is -5.48. The van der Waals surface area contributed by atoms with Crippen LogP contribution in [0.25, 0.3) is 12.2 Å². The lowest BCUT2D eigenvalue weighted by atomic mass is 9.97. The fraction of sp³-hybridized carbons (Fsp3) is 0. The van der Waals surface area contributed by atoms with Crippen LogP contribution in [0, 0.1) is 0 Å². The zero-order valence-corrected chi connectivity index (χ0v) is 10.9. The maximum Gasteiger partial charge on any atom is 0.336 e. The number of rotatable bonds is 6. The van der Waals surface area contributed by atoms with Gasteiger partial charge in [-0.1, -0.05) is 0 Å². The second-order valence-electron chi connectivity index (χ2n) is 3.98. The van der Waals surface area contributed by atoms with Crippen LogP contribution in [0.4, 0.5) is 0 Å². The van der Waals surface area contributed by atoms with Gasteiger partial charge in [0.2, 0.25) is 0 Å². The molecule has 0 bridgehead atoms. The summed E-state index contributed by atoms with van der Waals surface area (Å²) in [5.41, 5.74) is -0.959. The highest BCUT2D eigenvalue weighted by Gasteiger charge is 2.16. The number of carboxylic acids is 4. The fourth-order valence-corrected chi connectivity index (χ4v) is 1.60. The third kappa shape index (κ3) is 4.30. The van der Waals surface area contributed by atoms with E-state index in [1.54, 1.807) is 0 Å². The zero-order chi connectivity index (χ0) is 16.9. The zero-order valence-electron chi connectivity index (χ0n) is 10.9. The Morgan fingerprint density at radius 2 is 1.00 bits per heavy atom. The number of hydrogen-bond acceptors (Lipinski definition) is 4. The van der Waals surface area contributed by atoms with E-state index >= 15 is 0 Å². The summed E-state index contributed by atoms with van der Waals surface area (Å²) in [6, 6.07) is 1.93. The van der Waals surface area contributed by atoms with Gasteiger partial charge in [0.15, 0.2) is 0 Å². The molecule has 0 aromatic heterocycles. The summed E-state index contributed by atoms with van der Waals surface area (Å²) in [6.07, 6.45) is 3.23. The van der Waals surface area contributed by atoms with Crippen LogP contribution in [-0.2, 0) is 9.59 Å². The van der Waals surface area contributed by atoms with Crippen LogP contribution in [0.15, 0.2) is 24.3 Å². The van der Waals surface area contributed by atoms with Crippen molar-refractivity contribution in [3.8, 4) is 0 Å². The molecule has 0 fully saturated rings. The van der Waals surface area contributed by atoms with Gasteiger partial charge < -0.3 is 20.4 Å². The smallest absolute Gasteiger partial charge is 0.336 e. The van der Waals surface area contributed by atoms with E-state index in [-0.39, 0.29) is 22.3 Å². The van der Waals surface area contributed by atoms with Crippen molar-refractivity contribution in [3.05, 3.63) is 46.5 Å². The first-order valence-corrected chi connectivity index (χ1v) is 5.69. The van der Waals surface area contributed by atoms with Crippen molar-refractivity contribution in [2.24, 2.45) is 0 Å². The van der Waals surface area contributed by atoms with Gasteiger partial charge in [0.25, 0.3) is 0 Å². The topological polar surface area (TPSA) is 149 Å². The monoisotopic (exact) mass is 306 g/mol. The van der Waals surface area contributed by atoms with Crippen molar-refractivity contribution >= 4 is 36.0 Å². The highest BCUT2D eigenvalue weighted by molar-refractivity contribution is 6.00. The molecule has 0 aliphatic carbocycles. The molecule has 0 aliphatic rings. The van der Waals surface area contributed by atoms with E-state index in [1.807, 2.05) is 0 Å². The second kappa shape index (κ2) is 6.84. The number of hydrogen-bond donors (Lipinski definition) is 4. The van der Waals surface area contributed by atoms with Crippen LogP contribution in [0.3, 0.4) is 0 Å². The summed E-state index contributed by atoms with van der Waals surface area (Å²) in [6.45, 7) is 0. The van der Waals surface area contributed by atoms with Gasteiger partial charge in [-0.15, -0.1) is 0 Å². The molecule has 8 nitrogen and oxygen atoms in total. The first-order valence-electron chi connectivity index (χ1n) is 5.69. The molecule has 0 heterocycles. The quantitative estimate of drug-likeness (QED) is 0.574.